The first kappa shape index (κ1) is 13.3. The maximum atomic E-state index is 5.52. The fourth-order valence-electron chi connectivity index (χ4n) is 2.22. The molecule has 92 valence electrons. The van der Waals surface area contributed by atoms with Gasteiger partial charge in [-0.1, -0.05) is 52.9 Å². The second-order valence-electron chi connectivity index (χ2n) is 4.99. The first-order valence-corrected chi connectivity index (χ1v) is 6.62. The Morgan fingerprint density at radius 3 is 2.38 bits per heavy atom. The second-order valence-corrected chi connectivity index (χ2v) is 4.99. The molecule has 0 bridgehead atoms. The number of hydrogen-bond donors (Lipinski definition) is 0. The zero-order chi connectivity index (χ0) is 11.9. The molecule has 1 heterocycles. The van der Waals surface area contributed by atoms with Crippen LogP contribution < -0.4 is 0 Å². The Morgan fingerprint density at radius 1 is 1.12 bits per heavy atom. The molecule has 0 aromatic carbocycles. The van der Waals surface area contributed by atoms with Crippen molar-refractivity contribution in [2.45, 2.75) is 71.1 Å². The molecular weight excluding hydrogens is 198 g/mol. The van der Waals surface area contributed by atoms with Gasteiger partial charge in [-0.3, -0.25) is 0 Å². The van der Waals surface area contributed by atoms with Crippen LogP contribution in [-0.4, -0.2) is 4.98 Å². The summed E-state index contributed by atoms with van der Waals surface area (Å²) in [6, 6.07) is 0. The highest BCUT2D eigenvalue weighted by Gasteiger charge is 2.28. The molecular formula is C14H25NO. The third-order valence-electron chi connectivity index (χ3n) is 3.44. The van der Waals surface area contributed by atoms with Gasteiger partial charge in [-0.05, 0) is 12.8 Å². The van der Waals surface area contributed by atoms with Crippen molar-refractivity contribution in [3.8, 4) is 0 Å². The topological polar surface area (TPSA) is 26.0 Å². The Bertz CT molecular complexity index is 268. The maximum absolute atomic E-state index is 5.52. The molecule has 0 amide bonds. The van der Waals surface area contributed by atoms with Crippen LogP contribution in [0.5, 0.6) is 0 Å². The summed E-state index contributed by atoms with van der Waals surface area (Å²) in [6.45, 7) is 6.81. The average Bonchev–Trinajstić information content (AvgIpc) is 2.81. The highest BCUT2D eigenvalue weighted by Crippen LogP contribution is 2.34. The molecule has 1 unspecified atom stereocenters. The zero-order valence-electron chi connectivity index (χ0n) is 11.0. The fraction of sp³-hybridized carbons (Fsp3) is 0.786. The van der Waals surface area contributed by atoms with Crippen LogP contribution in [0.1, 0.15) is 71.5 Å². The van der Waals surface area contributed by atoms with Crippen molar-refractivity contribution in [1.29, 1.82) is 0 Å². The first-order valence-electron chi connectivity index (χ1n) is 6.62. The van der Waals surface area contributed by atoms with E-state index in [1.165, 1.54) is 44.9 Å². The van der Waals surface area contributed by atoms with Crippen LogP contribution in [0.4, 0.5) is 0 Å². The average molecular weight is 223 g/mol. The van der Waals surface area contributed by atoms with E-state index in [-0.39, 0.29) is 5.41 Å². The molecule has 0 aliphatic carbocycles. The van der Waals surface area contributed by atoms with Crippen LogP contribution in [0.3, 0.4) is 0 Å². The van der Waals surface area contributed by atoms with Crippen LogP contribution in [0.2, 0.25) is 0 Å². The highest BCUT2D eigenvalue weighted by atomic mass is 16.3. The van der Waals surface area contributed by atoms with Gasteiger partial charge in [0.05, 0.1) is 6.20 Å². The standard InChI is InChI=1S/C14H25NO/c1-4-6-8-10-14(3,9-7-5-2)13-11-15-12-16-13/h11-12H,4-10H2,1-3H3. The molecule has 0 saturated heterocycles. The minimum absolute atomic E-state index is 0.196. The van der Waals surface area contributed by atoms with E-state index in [1.807, 2.05) is 6.20 Å². The van der Waals surface area contributed by atoms with Gasteiger partial charge in [0, 0.05) is 5.41 Å². The summed E-state index contributed by atoms with van der Waals surface area (Å²) in [5.41, 5.74) is 0.196. The quantitative estimate of drug-likeness (QED) is 0.597. The smallest absolute Gasteiger partial charge is 0.180 e. The zero-order valence-corrected chi connectivity index (χ0v) is 11.0. The van der Waals surface area contributed by atoms with Crippen molar-refractivity contribution >= 4 is 0 Å². The minimum atomic E-state index is 0.196. The monoisotopic (exact) mass is 223 g/mol. The van der Waals surface area contributed by atoms with Gasteiger partial charge in [-0.25, -0.2) is 4.98 Å². The van der Waals surface area contributed by atoms with Crippen molar-refractivity contribution in [3.05, 3.63) is 18.4 Å². The van der Waals surface area contributed by atoms with Crippen LogP contribution in [0.25, 0.3) is 0 Å². The highest BCUT2D eigenvalue weighted by molar-refractivity contribution is 5.07. The van der Waals surface area contributed by atoms with E-state index in [0.29, 0.717) is 0 Å². The maximum Gasteiger partial charge on any atom is 0.180 e. The van der Waals surface area contributed by atoms with Gasteiger partial charge in [-0.15, -0.1) is 0 Å². The molecule has 0 saturated carbocycles. The van der Waals surface area contributed by atoms with Crippen LogP contribution in [0, 0.1) is 0 Å². The van der Waals surface area contributed by atoms with Gasteiger partial charge in [0.2, 0.25) is 0 Å². The van der Waals surface area contributed by atoms with Gasteiger partial charge in [-0.2, -0.15) is 0 Å². The Kier molecular flexibility index (Phi) is 5.58. The summed E-state index contributed by atoms with van der Waals surface area (Å²) in [5, 5.41) is 0. The molecule has 0 N–H and O–H groups in total. The van der Waals surface area contributed by atoms with E-state index in [9.17, 15) is 0 Å². The first-order chi connectivity index (χ1) is 7.73. The lowest BCUT2D eigenvalue weighted by atomic mass is 9.78. The van der Waals surface area contributed by atoms with E-state index in [2.05, 4.69) is 25.8 Å². The van der Waals surface area contributed by atoms with Gasteiger partial charge in [0.15, 0.2) is 6.39 Å². The number of aromatic nitrogens is 1. The minimum Gasteiger partial charge on any atom is -0.448 e. The number of hydrogen-bond acceptors (Lipinski definition) is 2. The number of nitrogens with zero attached hydrogens (tertiary/aromatic N) is 1. The van der Waals surface area contributed by atoms with Crippen LogP contribution >= 0.6 is 0 Å². The summed E-state index contributed by atoms with van der Waals surface area (Å²) >= 11 is 0. The van der Waals surface area contributed by atoms with Crippen molar-refractivity contribution < 1.29 is 4.42 Å². The Labute approximate surface area is 99.5 Å². The van der Waals surface area contributed by atoms with Gasteiger partial charge >= 0.3 is 0 Å². The Hall–Kier alpha value is -0.790. The Morgan fingerprint density at radius 2 is 1.81 bits per heavy atom. The van der Waals surface area contributed by atoms with E-state index in [4.69, 9.17) is 4.42 Å². The van der Waals surface area contributed by atoms with Gasteiger partial charge in [0.25, 0.3) is 0 Å². The molecule has 0 aliphatic rings. The fourth-order valence-corrected chi connectivity index (χ4v) is 2.22. The van der Waals surface area contributed by atoms with E-state index >= 15 is 0 Å². The SMILES string of the molecule is CCCCCC(C)(CCCC)c1cnco1. The van der Waals surface area contributed by atoms with E-state index in [0.717, 1.165) is 5.76 Å². The van der Waals surface area contributed by atoms with Gasteiger partial charge in [0.1, 0.15) is 5.76 Å². The van der Waals surface area contributed by atoms with Crippen LogP contribution in [-0.2, 0) is 5.41 Å². The molecule has 2 nitrogen and oxygen atoms in total. The van der Waals surface area contributed by atoms with Gasteiger partial charge < -0.3 is 4.42 Å². The summed E-state index contributed by atoms with van der Waals surface area (Å²) in [7, 11) is 0. The normalized spacial score (nSPS) is 14.9. The second kappa shape index (κ2) is 6.72. The largest absolute Gasteiger partial charge is 0.448 e. The summed E-state index contributed by atoms with van der Waals surface area (Å²) in [5.74, 6) is 1.07. The number of unbranched alkanes of at least 4 members (excludes halogenated alkanes) is 3. The van der Waals surface area contributed by atoms with Crippen LogP contribution in [0.15, 0.2) is 17.0 Å². The molecule has 1 rings (SSSR count). The molecule has 0 fully saturated rings. The predicted molar refractivity (Wildman–Crippen MR) is 67.5 cm³/mol. The molecule has 1 aromatic rings. The summed E-state index contributed by atoms with van der Waals surface area (Å²) in [4.78, 5) is 4.06. The van der Waals surface area contributed by atoms with Crippen molar-refractivity contribution in [2.24, 2.45) is 0 Å². The van der Waals surface area contributed by atoms with Crippen molar-refractivity contribution in [3.63, 3.8) is 0 Å². The molecule has 1 atom stereocenters. The Balaban J connectivity index is 2.60. The molecule has 2 heteroatoms. The van der Waals surface area contributed by atoms with Crippen molar-refractivity contribution in [1.82, 2.24) is 4.98 Å². The molecule has 1 aromatic heterocycles. The number of oxazole rings is 1. The molecule has 0 radical (unpaired) electrons. The van der Waals surface area contributed by atoms with E-state index < -0.39 is 0 Å². The predicted octanol–water partition coefficient (Wildman–Crippen LogP) is 4.70. The lowest BCUT2D eigenvalue weighted by Crippen LogP contribution is -2.21. The lowest BCUT2D eigenvalue weighted by molar-refractivity contribution is 0.301. The van der Waals surface area contributed by atoms with E-state index in [1.54, 1.807) is 6.39 Å². The summed E-state index contributed by atoms with van der Waals surface area (Å²) < 4.78 is 5.52. The third kappa shape index (κ3) is 3.66. The third-order valence-corrected chi connectivity index (χ3v) is 3.44. The molecule has 16 heavy (non-hydrogen) atoms. The molecule has 0 spiro atoms. The lowest BCUT2D eigenvalue weighted by Gasteiger charge is -2.27. The van der Waals surface area contributed by atoms with Crippen molar-refractivity contribution in [2.75, 3.05) is 0 Å². The molecule has 0 aliphatic heterocycles. The summed E-state index contributed by atoms with van der Waals surface area (Å²) in [6.07, 6.45) is 12.3. The number of rotatable bonds is 8.